The molecule has 0 spiro atoms. The summed E-state index contributed by atoms with van der Waals surface area (Å²) in [4.78, 5) is 21.8. The number of rotatable bonds is 5. The number of aryl methyl sites for hydroxylation is 2. The summed E-state index contributed by atoms with van der Waals surface area (Å²) in [6.07, 6.45) is 0.634. The highest BCUT2D eigenvalue weighted by Crippen LogP contribution is 2.17. The first-order valence-electron chi connectivity index (χ1n) is 5.89. The third-order valence-corrected chi connectivity index (χ3v) is 2.77. The minimum absolute atomic E-state index is 0.00255. The Morgan fingerprint density at radius 1 is 1.32 bits per heavy atom. The Morgan fingerprint density at radius 2 is 2.11 bits per heavy atom. The average molecular weight is 259 g/mol. The molecule has 0 saturated heterocycles. The number of nitro groups is 1. The summed E-state index contributed by atoms with van der Waals surface area (Å²) in [5, 5.41) is 10.5. The van der Waals surface area contributed by atoms with Gasteiger partial charge in [0.1, 0.15) is 10.7 Å². The second kappa shape index (κ2) is 5.48. The highest BCUT2D eigenvalue weighted by Gasteiger charge is 2.13. The molecule has 0 saturated carbocycles. The van der Waals surface area contributed by atoms with Crippen LogP contribution in [0.1, 0.15) is 28.1 Å². The Morgan fingerprint density at radius 3 is 2.74 bits per heavy atom. The fourth-order valence-electron chi connectivity index (χ4n) is 1.80. The van der Waals surface area contributed by atoms with Gasteiger partial charge in [-0.3, -0.25) is 14.9 Å². The van der Waals surface area contributed by atoms with Crippen LogP contribution in [0.3, 0.4) is 0 Å². The second-order valence-electron chi connectivity index (χ2n) is 4.29. The zero-order chi connectivity index (χ0) is 13.8. The number of carbonyl (C=O) groups is 1. The molecule has 2 rings (SSSR count). The van der Waals surface area contributed by atoms with Crippen LogP contribution in [0.2, 0.25) is 0 Å². The summed E-state index contributed by atoms with van der Waals surface area (Å²) in [5.41, 5.74) is 1.68. The zero-order valence-corrected chi connectivity index (χ0v) is 10.5. The van der Waals surface area contributed by atoms with Crippen molar-refractivity contribution in [3.8, 4) is 0 Å². The van der Waals surface area contributed by atoms with Gasteiger partial charge in [-0.2, -0.15) is 0 Å². The third kappa shape index (κ3) is 3.28. The zero-order valence-electron chi connectivity index (χ0n) is 10.5. The van der Waals surface area contributed by atoms with Crippen LogP contribution < -0.4 is 0 Å². The van der Waals surface area contributed by atoms with E-state index in [9.17, 15) is 14.9 Å². The first-order valence-corrected chi connectivity index (χ1v) is 5.89. The van der Waals surface area contributed by atoms with E-state index < -0.39 is 4.92 Å². The van der Waals surface area contributed by atoms with Crippen LogP contribution >= 0.6 is 0 Å². The molecule has 2 aromatic rings. The summed E-state index contributed by atoms with van der Waals surface area (Å²) < 4.78 is 5.00. The Labute approximate surface area is 110 Å². The number of Topliss-reactive ketones (excluding diaryl/α,β-unsaturated/α-hetero) is 1. The van der Waals surface area contributed by atoms with Crippen molar-refractivity contribution in [1.82, 2.24) is 0 Å². The van der Waals surface area contributed by atoms with Gasteiger partial charge in [0.2, 0.25) is 0 Å². The lowest BCUT2D eigenvalue weighted by atomic mass is 10.0. The van der Waals surface area contributed by atoms with Crippen LogP contribution in [-0.4, -0.2) is 10.7 Å². The summed E-state index contributed by atoms with van der Waals surface area (Å²) in [6.45, 7) is 1.92. The van der Waals surface area contributed by atoms with E-state index in [1.807, 2.05) is 25.1 Å². The molecule has 1 aromatic heterocycles. The Hall–Kier alpha value is -2.43. The summed E-state index contributed by atoms with van der Waals surface area (Å²) in [6, 6.07) is 10.2. The van der Waals surface area contributed by atoms with Gasteiger partial charge in [0, 0.05) is 18.4 Å². The number of nitrogens with zero attached hydrogens (tertiary/aromatic N) is 1. The standard InChI is InChI=1S/C14H13NO4/c1-10-3-2-4-11(9-10)13(16)7-5-12-6-8-14(19-12)15(17)18/h2-4,6,8-9H,5,7H2,1H3. The van der Waals surface area contributed by atoms with Crippen LogP contribution in [0.5, 0.6) is 0 Å². The quantitative estimate of drug-likeness (QED) is 0.469. The fourth-order valence-corrected chi connectivity index (χ4v) is 1.80. The van der Waals surface area contributed by atoms with Crippen molar-refractivity contribution in [2.45, 2.75) is 19.8 Å². The van der Waals surface area contributed by atoms with Crippen LogP contribution in [0.4, 0.5) is 5.88 Å². The van der Waals surface area contributed by atoms with Gasteiger partial charge in [-0.1, -0.05) is 23.8 Å². The summed E-state index contributed by atoms with van der Waals surface area (Å²) >= 11 is 0. The van der Waals surface area contributed by atoms with Crippen LogP contribution in [-0.2, 0) is 6.42 Å². The molecule has 1 aromatic carbocycles. The molecule has 0 N–H and O–H groups in total. The highest BCUT2D eigenvalue weighted by molar-refractivity contribution is 5.96. The van der Waals surface area contributed by atoms with Crippen molar-refractivity contribution in [3.63, 3.8) is 0 Å². The van der Waals surface area contributed by atoms with E-state index in [0.717, 1.165) is 5.56 Å². The predicted molar refractivity (Wildman–Crippen MR) is 69.2 cm³/mol. The second-order valence-corrected chi connectivity index (χ2v) is 4.29. The minimum atomic E-state index is -0.591. The third-order valence-electron chi connectivity index (χ3n) is 2.77. The predicted octanol–water partition coefficient (Wildman–Crippen LogP) is 3.31. The van der Waals surface area contributed by atoms with Gasteiger partial charge in [0.15, 0.2) is 5.78 Å². The molecule has 98 valence electrons. The smallest absolute Gasteiger partial charge is 0.406 e. The van der Waals surface area contributed by atoms with E-state index in [1.165, 1.54) is 12.1 Å². The van der Waals surface area contributed by atoms with Gasteiger partial charge < -0.3 is 4.42 Å². The molecule has 0 radical (unpaired) electrons. The summed E-state index contributed by atoms with van der Waals surface area (Å²) in [5.74, 6) is 0.161. The monoisotopic (exact) mass is 259 g/mol. The molecule has 0 bridgehead atoms. The maximum absolute atomic E-state index is 11.9. The van der Waals surface area contributed by atoms with Crippen molar-refractivity contribution < 1.29 is 14.1 Å². The van der Waals surface area contributed by atoms with E-state index in [0.29, 0.717) is 17.7 Å². The van der Waals surface area contributed by atoms with E-state index in [1.54, 1.807) is 6.07 Å². The molecule has 5 heteroatoms. The maximum atomic E-state index is 11.9. The molecule has 0 fully saturated rings. The topological polar surface area (TPSA) is 73.3 Å². The Balaban J connectivity index is 1.98. The Kier molecular flexibility index (Phi) is 3.75. The van der Waals surface area contributed by atoms with Crippen LogP contribution in [0, 0.1) is 17.0 Å². The van der Waals surface area contributed by atoms with E-state index in [-0.39, 0.29) is 18.1 Å². The highest BCUT2D eigenvalue weighted by atomic mass is 16.6. The van der Waals surface area contributed by atoms with Crippen molar-refractivity contribution in [2.24, 2.45) is 0 Å². The number of benzene rings is 1. The molecular weight excluding hydrogens is 246 g/mol. The van der Waals surface area contributed by atoms with Crippen molar-refractivity contribution in [1.29, 1.82) is 0 Å². The number of ketones is 1. The normalized spacial score (nSPS) is 10.4. The molecule has 0 atom stereocenters. The van der Waals surface area contributed by atoms with Crippen LogP contribution in [0.15, 0.2) is 40.8 Å². The fraction of sp³-hybridized carbons (Fsp3) is 0.214. The molecule has 1 heterocycles. The molecule has 0 unspecified atom stereocenters. The lowest BCUT2D eigenvalue weighted by molar-refractivity contribution is -0.402. The lowest BCUT2D eigenvalue weighted by Gasteiger charge is -2.00. The molecule has 0 aliphatic heterocycles. The number of hydrogen-bond donors (Lipinski definition) is 0. The SMILES string of the molecule is Cc1cccc(C(=O)CCc2ccc([N+](=O)[O-])o2)c1. The average Bonchev–Trinajstić information content (AvgIpc) is 2.85. The van der Waals surface area contributed by atoms with Gasteiger partial charge in [-0.25, -0.2) is 0 Å². The van der Waals surface area contributed by atoms with E-state index in [4.69, 9.17) is 4.42 Å². The number of hydrogen-bond acceptors (Lipinski definition) is 4. The molecular formula is C14H13NO4. The van der Waals surface area contributed by atoms with Gasteiger partial charge in [-0.15, -0.1) is 0 Å². The first-order chi connectivity index (χ1) is 9.06. The molecule has 0 aliphatic carbocycles. The van der Waals surface area contributed by atoms with Gasteiger partial charge in [-0.05, 0) is 19.1 Å². The van der Waals surface area contributed by atoms with Gasteiger partial charge in [0.05, 0.1) is 6.07 Å². The summed E-state index contributed by atoms with van der Waals surface area (Å²) in [7, 11) is 0. The molecule has 19 heavy (non-hydrogen) atoms. The molecule has 0 aliphatic rings. The van der Waals surface area contributed by atoms with Gasteiger partial charge in [0.25, 0.3) is 0 Å². The lowest BCUT2D eigenvalue weighted by Crippen LogP contribution is -2.01. The Bertz CT molecular complexity index is 615. The number of furan rings is 1. The largest absolute Gasteiger partial charge is 0.433 e. The number of carbonyl (C=O) groups excluding carboxylic acids is 1. The first kappa shape index (κ1) is 13.0. The van der Waals surface area contributed by atoms with Gasteiger partial charge >= 0.3 is 5.88 Å². The van der Waals surface area contributed by atoms with E-state index >= 15 is 0 Å². The van der Waals surface area contributed by atoms with E-state index in [2.05, 4.69) is 0 Å². The van der Waals surface area contributed by atoms with Crippen molar-refractivity contribution in [2.75, 3.05) is 0 Å². The molecule has 5 nitrogen and oxygen atoms in total. The maximum Gasteiger partial charge on any atom is 0.433 e. The van der Waals surface area contributed by atoms with Crippen molar-refractivity contribution in [3.05, 3.63) is 63.4 Å². The van der Waals surface area contributed by atoms with Crippen molar-refractivity contribution >= 4 is 11.7 Å². The molecule has 0 amide bonds. The minimum Gasteiger partial charge on any atom is -0.406 e. The van der Waals surface area contributed by atoms with Crippen LogP contribution in [0.25, 0.3) is 0 Å².